The number of aromatic amines is 1. The Balaban J connectivity index is 1.31. The minimum absolute atomic E-state index is 0.00293. The molecule has 0 unspecified atom stereocenters. The second kappa shape index (κ2) is 7.56. The first-order valence-electron chi connectivity index (χ1n) is 9.64. The van der Waals surface area contributed by atoms with Crippen LogP contribution < -0.4 is 5.56 Å². The summed E-state index contributed by atoms with van der Waals surface area (Å²) in [6.07, 6.45) is 10.5. The first-order chi connectivity index (χ1) is 12.3. The monoisotopic (exact) mass is 341 g/mol. The van der Waals surface area contributed by atoms with Crippen molar-refractivity contribution < 1.29 is 4.52 Å². The Morgan fingerprint density at radius 3 is 2.64 bits per heavy atom. The minimum Gasteiger partial charge on any atom is -0.360 e. The van der Waals surface area contributed by atoms with Crippen LogP contribution in [0, 0.1) is 0 Å². The van der Waals surface area contributed by atoms with Crippen LogP contribution in [0.1, 0.15) is 73.8 Å². The highest BCUT2D eigenvalue weighted by Crippen LogP contribution is 2.33. The van der Waals surface area contributed by atoms with Gasteiger partial charge in [0.05, 0.1) is 12.2 Å². The SMILES string of the molecule is O=c1cc(C2CCN(Cc3cc(C4CCCCC4)no3)CC2)cc[nH]1. The van der Waals surface area contributed by atoms with Crippen LogP contribution in [0.25, 0.3) is 0 Å². The Morgan fingerprint density at radius 2 is 1.88 bits per heavy atom. The molecule has 25 heavy (non-hydrogen) atoms. The number of piperidine rings is 1. The summed E-state index contributed by atoms with van der Waals surface area (Å²) in [6.45, 7) is 2.93. The van der Waals surface area contributed by atoms with Crippen molar-refractivity contribution >= 4 is 0 Å². The normalized spacial score (nSPS) is 20.8. The molecule has 0 atom stereocenters. The number of nitrogens with zero attached hydrogens (tertiary/aromatic N) is 2. The maximum atomic E-state index is 11.5. The van der Waals surface area contributed by atoms with E-state index in [1.54, 1.807) is 12.3 Å². The lowest BCUT2D eigenvalue weighted by Crippen LogP contribution is -2.32. The van der Waals surface area contributed by atoms with E-state index in [0.717, 1.165) is 43.9 Å². The molecule has 0 bridgehead atoms. The Bertz CT molecular complexity index is 737. The molecule has 2 fully saturated rings. The van der Waals surface area contributed by atoms with Crippen LogP contribution in [-0.4, -0.2) is 28.1 Å². The van der Waals surface area contributed by atoms with Crippen molar-refractivity contribution in [1.82, 2.24) is 15.0 Å². The van der Waals surface area contributed by atoms with Gasteiger partial charge >= 0.3 is 0 Å². The predicted molar refractivity (Wildman–Crippen MR) is 96.6 cm³/mol. The molecule has 1 aliphatic carbocycles. The molecule has 2 aliphatic rings. The molecular formula is C20H27N3O2. The molecule has 5 heteroatoms. The topological polar surface area (TPSA) is 62.1 Å². The number of likely N-dealkylation sites (tertiary alicyclic amines) is 1. The van der Waals surface area contributed by atoms with Crippen LogP contribution >= 0.6 is 0 Å². The lowest BCUT2D eigenvalue weighted by Gasteiger charge is -2.31. The first-order valence-corrected chi connectivity index (χ1v) is 9.64. The highest BCUT2D eigenvalue weighted by atomic mass is 16.5. The van der Waals surface area contributed by atoms with Gasteiger partial charge in [-0.3, -0.25) is 9.69 Å². The van der Waals surface area contributed by atoms with E-state index < -0.39 is 0 Å². The molecule has 5 nitrogen and oxygen atoms in total. The highest BCUT2D eigenvalue weighted by Gasteiger charge is 2.23. The van der Waals surface area contributed by atoms with E-state index in [2.05, 4.69) is 21.1 Å². The van der Waals surface area contributed by atoms with Gasteiger partial charge in [0.25, 0.3) is 0 Å². The summed E-state index contributed by atoms with van der Waals surface area (Å²) >= 11 is 0. The summed E-state index contributed by atoms with van der Waals surface area (Å²) in [5.74, 6) is 2.09. The lowest BCUT2D eigenvalue weighted by atomic mass is 9.87. The summed E-state index contributed by atoms with van der Waals surface area (Å²) in [6, 6.07) is 5.96. The number of hydrogen-bond donors (Lipinski definition) is 1. The molecule has 1 aliphatic heterocycles. The molecule has 1 saturated carbocycles. The van der Waals surface area contributed by atoms with Gasteiger partial charge in [0, 0.05) is 24.2 Å². The van der Waals surface area contributed by atoms with Gasteiger partial charge in [-0.05, 0) is 56.3 Å². The second-order valence-corrected chi connectivity index (χ2v) is 7.59. The van der Waals surface area contributed by atoms with Crippen LogP contribution in [0.5, 0.6) is 0 Å². The van der Waals surface area contributed by atoms with Crippen LogP contribution in [0.15, 0.2) is 33.7 Å². The predicted octanol–water partition coefficient (Wildman–Crippen LogP) is 3.79. The van der Waals surface area contributed by atoms with Crippen LogP contribution in [0.2, 0.25) is 0 Å². The molecule has 0 radical (unpaired) electrons. The Hall–Kier alpha value is -1.88. The zero-order chi connectivity index (χ0) is 17.1. The molecule has 134 valence electrons. The molecule has 4 rings (SSSR count). The maximum absolute atomic E-state index is 11.5. The summed E-state index contributed by atoms with van der Waals surface area (Å²) in [5, 5.41) is 4.34. The third-order valence-electron chi connectivity index (χ3n) is 5.84. The molecule has 1 saturated heterocycles. The van der Waals surface area contributed by atoms with Crippen molar-refractivity contribution in [3.05, 3.63) is 51.8 Å². The van der Waals surface area contributed by atoms with E-state index in [9.17, 15) is 4.79 Å². The van der Waals surface area contributed by atoms with Crippen molar-refractivity contribution in [2.45, 2.75) is 63.3 Å². The molecule has 2 aromatic rings. The van der Waals surface area contributed by atoms with Gasteiger partial charge in [0.1, 0.15) is 0 Å². The van der Waals surface area contributed by atoms with Crippen LogP contribution in [0.3, 0.4) is 0 Å². The summed E-state index contributed by atoms with van der Waals surface area (Å²) in [7, 11) is 0. The number of nitrogens with one attached hydrogen (secondary N) is 1. The lowest BCUT2D eigenvalue weighted by molar-refractivity contribution is 0.184. The second-order valence-electron chi connectivity index (χ2n) is 7.59. The van der Waals surface area contributed by atoms with Crippen LogP contribution in [0.4, 0.5) is 0 Å². The smallest absolute Gasteiger partial charge is 0.248 e. The van der Waals surface area contributed by atoms with E-state index in [1.807, 2.05) is 6.07 Å². The number of aromatic nitrogens is 2. The Kier molecular flexibility index (Phi) is 5.02. The molecule has 0 amide bonds. The van der Waals surface area contributed by atoms with Gasteiger partial charge in [-0.15, -0.1) is 0 Å². The molecule has 2 aromatic heterocycles. The van der Waals surface area contributed by atoms with Crippen molar-refractivity contribution in [2.24, 2.45) is 0 Å². The van der Waals surface area contributed by atoms with Gasteiger partial charge < -0.3 is 9.51 Å². The quantitative estimate of drug-likeness (QED) is 0.919. The molecule has 1 N–H and O–H groups in total. The number of hydrogen-bond acceptors (Lipinski definition) is 4. The molecule has 3 heterocycles. The maximum Gasteiger partial charge on any atom is 0.248 e. The zero-order valence-electron chi connectivity index (χ0n) is 14.7. The third-order valence-corrected chi connectivity index (χ3v) is 5.84. The first kappa shape index (κ1) is 16.6. The fraction of sp³-hybridized carbons (Fsp3) is 0.600. The van der Waals surface area contributed by atoms with Crippen molar-refractivity contribution in [3.8, 4) is 0 Å². The largest absolute Gasteiger partial charge is 0.360 e. The van der Waals surface area contributed by atoms with Crippen molar-refractivity contribution in [3.63, 3.8) is 0 Å². The molecule has 0 spiro atoms. The summed E-state index contributed by atoms with van der Waals surface area (Å²) in [5.41, 5.74) is 2.33. The summed E-state index contributed by atoms with van der Waals surface area (Å²) < 4.78 is 5.61. The standard InChI is InChI=1S/C20H27N3O2/c24-20-12-17(6-9-21-20)15-7-10-23(11-8-15)14-18-13-19(22-25-18)16-4-2-1-3-5-16/h6,9,12-13,15-16H,1-5,7-8,10-11,14H2,(H,21,24). The van der Waals surface area contributed by atoms with Gasteiger partial charge in [-0.2, -0.15) is 0 Å². The number of H-pyrrole nitrogens is 1. The summed E-state index contributed by atoms with van der Waals surface area (Å²) in [4.78, 5) is 16.6. The fourth-order valence-electron chi connectivity index (χ4n) is 4.35. The van der Waals surface area contributed by atoms with E-state index in [4.69, 9.17) is 4.52 Å². The fourth-order valence-corrected chi connectivity index (χ4v) is 4.35. The van der Waals surface area contributed by atoms with Crippen molar-refractivity contribution in [2.75, 3.05) is 13.1 Å². The average Bonchev–Trinajstić information content (AvgIpc) is 3.12. The van der Waals surface area contributed by atoms with Gasteiger partial charge in [0.15, 0.2) is 5.76 Å². The van der Waals surface area contributed by atoms with Gasteiger partial charge in [-0.1, -0.05) is 24.4 Å². The van der Waals surface area contributed by atoms with E-state index in [0.29, 0.717) is 11.8 Å². The van der Waals surface area contributed by atoms with E-state index in [1.165, 1.54) is 37.7 Å². The van der Waals surface area contributed by atoms with E-state index >= 15 is 0 Å². The van der Waals surface area contributed by atoms with Crippen LogP contribution in [-0.2, 0) is 6.54 Å². The van der Waals surface area contributed by atoms with Gasteiger partial charge in [0.2, 0.25) is 5.56 Å². The average molecular weight is 341 g/mol. The third kappa shape index (κ3) is 4.03. The Labute approximate surface area is 148 Å². The molecule has 0 aromatic carbocycles. The number of rotatable bonds is 4. The number of pyridine rings is 1. The minimum atomic E-state index is -0.00293. The van der Waals surface area contributed by atoms with Gasteiger partial charge in [-0.25, -0.2) is 0 Å². The molecular weight excluding hydrogens is 314 g/mol. The Morgan fingerprint density at radius 1 is 1.08 bits per heavy atom. The highest BCUT2D eigenvalue weighted by molar-refractivity contribution is 5.17. The van der Waals surface area contributed by atoms with E-state index in [-0.39, 0.29) is 5.56 Å². The van der Waals surface area contributed by atoms with Crippen molar-refractivity contribution in [1.29, 1.82) is 0 Å². The zero-order valence-corrected chi connectivity index (χ0v) is 14.7.